The van der Waals surface area contributed by atoms with Crippen molar-refractivity contribution in [2.75, 3.05) is 12.4 Å². The standard InChI is InChI=1S/C15H20N4O2/c1-9(2)20-14-17-13(16-5)18-15(19-14)21-12-7-10(3)6-11(4)8-12/h6-9H,1-5H3,(H,16,17,18,19). The van der Waals surface area contributed by atoms with Crippen LogP contribution in [0.1, 0.15) is 25.0 Å². The average molecular weight is 288 g/mol. The molecule has 0 saturated heterocycles. The molecule has 1 heterocycles. The smallest absolute Gasteiger partial charge is 0.330 e. The van der Waals surface area contributed by atoms with Gasteiger partial charge in [-0.15, -0.1) is 4.98 Å². The highest BCUT2D eigenvalue weighted by molar-refractivity contribution is 5.35. The molecule has 0 aliphatic rings. The van der Waals surface area contributed by atoms with Gasteiger partial charge in [0.15, 0.2) is 0 Å². The first-order chi connectivity index (χ1) is 9.96. The summed E-state index contributed by atoms with van der Waals surface area (Å²) in [5.41, 5.74) is 2.23. The largest absolute Gasteiger partial charge is 0.461 e. The number of aromatic nitrogens is 3. The summed E-state index contributed by atoms with van der Waals surface area (Å²) in [5, 5.41) is 2.87. The van der Waals surface area contributed by atoms with Crippen LogP contribution in [0.15, 0.2) is 18.2 Å². The van der Waals surface area contributed by atoms with Crippen LogP contribution < -0.4 is 14.8 Å². The van der Waals surface area contributed by atoms with Gasteiger partial charge in [0.1, 0.15) is 5.75 Å². The van der Waals surface area contributed by atoms with Gasteiger partial charge in [0, 0.05) is 7.05 Å². The maximum atomic E-state index is 5.72. The fourth-order valence-corrected chi connectivity index (χ4v) is 1.86. The predicted octanol–water partition coefficient (Wildman–Crippen LogP) is 3.11. The first-order valence-electron chi connectivity index (χ1n) is 6.83. The van der Waals surface area contributed by atoms with Crippen molar-refractivity contribution in [3.8, 4) is 17.8 Å². The summed E-state index contributed by atoms with van der Waals surface area (Å²) in [6, 6.07) is 6.38. The van der Waals surface area contributed by atoms with Crippen LogP contribution in [0.5, 0.6) is 17.8 Å². The molecule has 2 rings (SSSR count). The Bertz CT molecular complexity index is 609. The first kappa shape index (κ1) is 15.0. The molecule has 6 heteroatoms. The molecule has 1 N–H and O–H groups in total. The number of hydrogen-bond acceptors (Lipinski definition) is 6. The number of nitrogens with zero attached hydrogens (tertiary/aromatic N) is 3. The minimum Gasteiger partial charge on any atom is -0.461 e. The van der Waals surface area contributed by atoms with Gasteiger partial charge >= 0.3 is 12.0 Å². The molecule has 0 aliphatic heterocycles. The monoisotopic (exact) mass is 288 g/mol. The highest BCUT2D eigenvalue weighted by Gasteiger charge is 2.10. The van der Waals surface area contributed by atoms with Gasteiger partial charge in [-0.25, -0.2) is 0 Å². The molecule has 0 fully saturated rings. The van der Waals surface area contributed by atoms with E-state index in [1.165, 1.54) is 0 Å². The van der Waals surface area contributed by atoms with Crippen molar-refractivity contribution in [2.45, 2.75) is 33.8 Å². The summed E-state index contributed by atoms with van der Waals surface area (Å²) in [5.74, 6) is 1.09. The summed E-state index contributed by atoms with van der Waals surface area (Å²) in [7, 11) is 1.73. The van der Waals surface area contributed by atoms with Crippen LogP contribution in [0.4, 0.5) is 5.95 Å². The van der Waals surface area contributed by atoms with Gasteiger partial charge < -0.3 is 14.8 Å². The van der Waals surface area contributed by atoms with Crippen LogP contribution in [0.3, 0.4) is 0 Å². The summed E-state index contributed by atoms with van der Waals surface area (Å²) < 4.78 is 11.2. The molecule has 0 atom stereocenters. The van der Waals surface area contributed by atoms with E-state index < -0.39 is 0 Å². The highest BCUT2D eigenvalue weighted by Crippen LogP contribution is 2.23. The number of rotatable bonds is 5. The molecule has 6 nitrogen and oxygen atoms in total. The van der Waals surface area contributed by atoms with E-state index >= 15 is 0 Å². The van der Waals surface area contributed by atoms with E-state index in [0.29, 0.717) is 11.7 Å². The van der Waals surface area contributed by atoms with Crippen LogP contribution in [0.25, 0.3) is 0 Å². The second-order valence-electron chi connectivity index (χ2n) is 5.07. The molecule has 0 aliphatic carbocycles. The molecule has 112 valence electrons. The first-order valence-corrected chi connectivity index (χ1v) is 6.83. The third-order valence-electron chi connectivity index (χ3n) is 2.56. The minimum absolute atomic E-state index is 0.0221. The van der Waals surface area contributed by atoms with Crippen molar-refractivity contribution in [3.63, 3.8) is 0 Å². The van der Waals surface area contributed by atoms with Crippen molar-refractivity contribution in [2.24, 2.45) is 0 Å². The Labute approximate surface area is 124 Å². The lowest BCUT2D eigenvalue weighted by Gasteiger charge is -2.11. The van der Waals surface area contributed by atoms with Crippen LogP contribution in [-0.4, -0.2) is 28.1 Å². The minimum atomic E-state index is -0.0221. The second kappa shape index (κ2) is 6.39. The molecular weight excluding hydrogens is 268 g/mol. The van der Waals surface area contributed by atoms with Crippen molar-refractivity contribution < 1.29 is 9.47 Å². The van der Waals surface area contributed by atoms with Crippen molar-refractivity contribution >= 4 is 5.95 Å². The molecule has 1 aromatic carbocycles. The van der Waals surface area contributed by atoms with Gasteiger partial charge in [-0.2, -0.15) is 9.97 Å². The molecule has 0 unspecified atom stereocenters. The Balaban J connectivity index is 2.29. The normalized spacial score (nSPS) is 10.6. The molecular formula is C15H20N4O2. The zero-order valence-electron chi connectivity index (χ0n) is 13.0. The Morgan fingerprint density at radius 3 is 2.14 bits per heavy atom. The second-order valence-corrected chi connectivity index (χ2v) is 5.07. The third-order valence-corrected chi connectivity index (χ3v) is 2.56. The van der Waals surface area contributed by atoms with Crippen molar-refractivity contribution in [1.82, 2.24) is 15.0 Å². The van der Waals surface area contributed by atoms with Gasteiger partial charge in [0.2, 0.25) is 5.95 Å². The zero-order chi connectivity index (χ0) is 15.4. The summed E-state index contributed by atoms with van der Waals surface area (Å²) in [6.45, 7) is 7.85. The van der Waals surface area contributed by atoms with Gasteiger partial charge in [0.05, 0.1) is 6.10 Å². The van der Waals surface area contributed by atoms with Crippen LogP contribution in [-0.2, 0) is 0 Å². The Morgan fingerprint density at radius 2 is 1.57 bits per heavy atom. The summed E-state index contributed by atoms with van der Waals surface area (Å²) in [4.78, 5) is 12.5. The van der Waals surface area contributed by atoms with Crippen LogP contribution in [0.2, 0.25) is 0 Å². The topological polar surface area (TPSA) is 69.2 Å². The zero-order valence-corrected chi connectivity index (χ0v) is 13.0. The lowest BCUT2D eigenvalue weighted by Crippen LogP contribution is -2.11. The quantitative estimate of drug-likeness (QED) is 0.911. The van der Waals surface area contributed by atoms with E-state index in [0.717, 1.165) is 11.1 Å². The number of benzene rings is 1. The summed E-state index contributed by atoms with van der Waals surface area (Å²) in [6.07, 6.45) is -0.0221. The number of aryl methyl sites for hydroxylation is 2. The van der Waals surface area contributed by atoms with Crippen molar-refractivity contribution in [1.29, 1.82) is 0 Å². The number of anilines is 1. The Hall–Kier alpha value is -2.37. The van der Waals surface area contributed by atoms with Crippen LogP contribution >= 0.6 is 0 Å². The molecule has 2 aromatic rings. The van der Waals surface area contributed by atoms with Gasteiger partial charge in [-0.05, 0) is 51.0 Å². The van der Waals surface area contributed by atoms with E-state index in [2.05, 4.69) is 26.3 Å². The molecule has 0 bridgehead atoms. The van der Waals surface area contributed by atoms with E-state index in [1.54, 1.807) is 7.05 Å². The predicted molar refractivity (Wildman–Crippen MR) is 81.1 cm³/mol. The third kappa shape index (κ3) is 4.30. The van der Waals surface area contributed by atoms with E-state index in [1.807, 2.05) is 39.8 Å². The Kier molecular flexibility index (Phi) is 4.57. The van der Waals surface area contributed by atoms with Gasteiger partial charge in [-0.1, -0.05) is 6.07 Å². The fraction of sp³-hybridized carbons (Fsp3) is 0.400. The van der Waals surface area contributed by atoms with Crippen molar-refractivity contribution in [3.05, 3.63) is 29.3 Å². The molecule has 0 amide bonds. The van der Waals surface area contributed by atoms with Gasteiger partial charge in [0.25, 0.3) is 0 Å². The van der Waals surface area contributed by atoms with E-state index in [-0.39, 0.29) is 18.1 Å². The van der Waals surface area contributed by atoms with Crippen LogP contribution in [0, 0.1) is 13.8 Å². The van der Waals surface area contributed by atoms with E-state index in [9.17, 15) is 0 Å². The summed E-state index contributed by atoms with van der Waals surface area (Å²) >= 11 is 0. The fourth-order valence-electron chi connectivity index (χ4n) is 1.86. The molecule has 0 spiro atoms. The molecule has 21 heavy (non-hydrogen) atoms. The van der Waals surface area contributed by atoms with Gasteiger partial charge in [-0.3, -0.25) is 0 Å². The average Bonchev–Trinajstić information content (AvgIpc) is 2.36. The highest BCUT2D eigenvalue weighted by atomic mass is 16.5. The number of nitrogens with one attached hydrogen (secondary N) is 1. The maximum Gasteiger partial charge on any atom is 0.330 e. The number of hydrogen-bond donors (Lipinski definition) is 1. The molecule has 1 aromatic heterocycles. The molecule has 0 radical (unpaired) electrons. The lowest BCUT2D eigenvalue weighted by atomic mass is 10.1. The molecule has 0 saturated carbocycles. The maximum absolute atomic E-state index is 5.72. The lowest BCUT2D eigenvalue weighted by molar-refractivity contribution is 0.218. The number of ether oxygens (including phenoxy) is 2. The SMILES string of the molecule is CNc1nc(Oc2cc(C)cc(C)c2)nc(OC(C)C)n1. The van der Waals surface area contributed by atoms with E-state index in [4.69, 9.17) is 9.47 Å². The Morgan fingerprint density at radius 1 is 0.952 bits per heavy atom.